The maximum atomic E-state index is 5.98. The van der Waals surface area contributed by atoms with Crippen molar-refractivity contribution in [3.8, 4) is 0 Å². The van der Waals surface area contributed by atoms with Crippen LogP contribution in [0.15, 0.2) is 24.3 Å². The van der Waals surface area contributed by atoms with Crippen LogP contribution in [0.1, 0.15) is 25.3 Å². The van der Waals surface area contributed by atoms with Crippen molar-refractivity contribution >= 4 is 11.6 Å². The van der Waals surface area contributed by atoms with E-state index in [1.807, 2.05) is 12.1 Å². The zero-order valence-electron chi connectivity index (χ0n) is 10.6. The molecule has 0 saturated heterocycles. The Morgan fingerprint density at radius 3 is 2.41 bits per heavy atom. The van der Waals surface area contributed by atoms with Gasteiger partial charge in [-0.3, -0.25) is 4.90 Å². The molecular weight excluding hydrogens is 232 g/mol. The van der Waals surface area contributed by atoms with Gasteiger partial charge in [0.25, 0.3) is 0 Å². The van der Waals surface area contributed by atoms with Gasteiger partial charge in [-0.15, -0.1) is 0 Å². The summed E-state index contributed by atoms with van der Waals surface area (Å²) in [6.07, 6.45) is 3.60. The fourth-order valence-corrected chi connectivity index (χ4v) is 2.41. The first-order valence-corrected chi connectivity index (χ1v) is 6.60. The van der Waals surface area contributed by atoms with Crippen molar-refractivity contribution in [3.05, 3.63) is 34.9 Å². The third-order valence-electron chi connectivity index (χ3n) is 3.88. The first-order valence-electron chi connectivity index (χ1n) is 6.22. The quantitative estimate of drug-likeness (QED) is 0.873. The highest BCUT2D eigenvalue weighted by Gasteiger charge is 2.37. The van der Waals surface area contributed by atoms with Gasteiger partial charge in [-0.05, 0) is 50.9 Å². The molecule has 0 amide bonds. The fraction of sp³-hybridized carbons (Fsp3) is 0.571. The lowest BCUT2D eigenvalue weighted by atomic mass is 9.91. The molecule has 3 heteroatoms. The van der Waals surface area contributed by atoms with Crippen LogP contribution in [0, 0.1) is 0 Å². The highest BCUT2D eigenvalue weighted by atomic mass is 35.5. The third kappa shape index (κ3) is 3.01. The number of halogens is 1. The van der Waals surface area contributed by atoms with Crippen molar-refractivity contribution in [2.45, 2.75) is 37.8 Å². The lowest BCUT2D eigenvalue weighted by Gasteiger charge is -2.38. The van der Waals surface area contributed by atoms with Gasteiger partial charge in [0.05, 0.1) is 0 Å². The summed E-state index contributed by atoms with van der Waals surface area (Å²) in [4.78, 5) is 2.45. The second kappa shape index (κ2) is 4.97. The van der Waals surface area contributed by atoms with Crippen molar-refractivity contribution in [3.63, 3.8) is 0 Å². The maximum Gasteiger partial charge on any atom is 0.0406 e. The van der Waals surface area contributed by atoms with Gasteiger partial charge in [-0.2, -0.15) is 0 Å². The minimum atomic E-state index is 0.0506. The molecule has 0 aliphatic heterocycles. The zero-order chi connectivity index (χ0) is 12.5. The van der Waals surface area contributed by atoms with Crippen molar-refractivity contribution in [2.75, 3.05) is 13.6 Å². The fourth-order valence-electron chi connectivity index (χ4n) is 2.29. The van der Waals surface area contributed by atoms with E-state index in [1.54, 1.807) is 0 Å². The molecular formula is C14H21ClN2. The number of hydrogen-bond donors (Lipinski definition) is 1. The largest absolute Gasteiger partial charge is 0.329 e. The molecule has 2 rings (SSSR count). The van der Waals surface area contributed by atoms with Gasteiger partial charge < -0.3 is 5.73 Å². The summed E-state index contributed by atoms with van der Waals surface area (Å²) in [6.45, 7) is 2.93. The van der Waals surface area contributed by atoms with Crippen molar-refractivity contribution in [1.82, 2.24) is 4.90 Å². The van der Waals surface area contributed by atoms with E-state index in [9.17, 15) is 0 Å². The Kier molecular flexibility index (Phi) is 3.76. The van der Waals surface area contributed by atoms with E-state index in [-0.39, 0.29) is 5.54 Å². The normalized spacial score (nSPS) is 19.4. The lowest BCUT2D eigenvalue weighted by Crippen LogP contribution is -2.52. The molecule has 0 aromatic heterocycles. The van der Waals surface area contributed by atoms with E-state index < -0.39 is 0 Å². The Morgan fingerprint density at radius 1 is 1.35 bits per heavy atom. The van der Waals surface area contributed by atoms with Crippen LogP contribution >= 0.6 is 11.6 Å². The van der Waals surface area contributed by atoms with Crippen LogP contribution in [0.5, 0.6) is 0 Å². The molecule has 0 bridgehead atoms. The number of hydrogen-bond acceptors (Lipinski definition) is 2. The average Bonchev–Trinajstić information content (AvgIpc) is 3.15. The molecule has 1 saturated carbocycles. The minimum absolute atomic E-state index is 0.0506. The molecule has 1 fully saturated rings. The predicted octanol–water partition coefficient (Wildman–Crippen LogP) is 2.69. The van der Waals surface area contributed by atoms with E-state index in [1.165, 1.54) is 18.4 Å². The number of nitrogens with two attached hydrogens (primary N) is 1. The van der Waals surface area contributed by atoms with Crippen LogP contribution in [0.25, 0.3) is 0 Å². The smallest absolute Gasteiger partial charge is 0.0406 e. The molecule has 1 unspecified atom stereocenters. The first kappa shape index (κ1) is 12.9. The number of likely N-dealkylation sites (N-methyl/N-ethyl adjacent to an activating group) is 1. The molecule has 1 aromatic rings. The predicted molar refractivity (Wildman–Crippen MR) is 73.4 cm³/mol. The van der Waals surface area contributed by atoms with Gasteiger partial charge in [-0.1, -0.05) is 23.7 Å². The summed E-state index contributed by atoms with van der Waals surface area (Å²) in [6, 6.07) is 8.82. The molecule has 0 spiro atoms. The van der Waals surface area contributed by atoms with Gasteiger partial charge >= 0.3 is 0 Å². The monoisotopic (exact) mass is 252 g/mol. The van der Waals surface area contributed by atoms with E-state index >= 15 is 0 Å². The van der Waals surface area contributed by atoms with Gasteiger partial charge in [0.1, 0.15) is 0 Å². The molecule has 1 atom stereocenters. The molecule has 17 heavy (non-hydrogen) atoms. The summed E-state index contributed by atoms with van der Waals surface area (Å²) < 4.78 is 0. The van der Waals surface area contributed by atoms with Crippen LogP contribution in [0.4, 0.5) is 0 Å². The van der Waals surface area contributed by atoms with E-state index in [0.717, 1.165) is 17.5 Å². The third-order valence-corrected chi connectivity index (χ3v) is 4.14. The van der Waals surface area contributed by atoms with Crippen LogP contribution < -0.4 is 5.73 Å². The van der Waals surface area contributed by atoms with Crippen LogP contribution in [0.2, 0.25) is 5.02 Å². The minimum Gasteiger partial charge on any atom is -0.329 e. The first-order chi connectivity index (χ1) is 8.05. The molecule has 1 aromatic carbocycles. The lowest BCUT2D eigenvalue weighted by molar-refractivity contribution is 0.135. The summed E-state index contributed by atoms with van der Waals surface area (Å²) >= 11 is 5.90. The summed E-state index contributed by atoms with van der Waals surface area (Å²) in [5, 5.41) is 0.791. The van der Waals surface area contributed by atoms with Crippen molar-refractivity contribution < 1.29 is 0 Å². The van der Waals surface area contributed by atoms with Gasteiger partial charge in [0, 0.05) is 23.1 Å². The second-order valence-electron chi connectivity index (χ2n) is 5.35. The Labute approximate surface area is 109 Å². The molecule has 2 N–H and O–H groups in total. The van der Waals surface area contributed by atoms with Crippen LogP contribution in [0.3, 0.4) is 0 Å². The second-order valence-corrected chi connectivity index (χ2v) is 5.78. The molecule has 2 nitrogen and oxygen atoms in total. The summed E-state index contributed by atoms with van der Waals surface area (Å²) in [5.41, 5.74) is 7.33. The molecule has 1 aliphatic rings. The Balaban J connectivity index is 2.10. The van der Waals surface area contributed by atoms with Crippen LogP contribution in [-0.2, 0) is 6.42 Å². The molecule has 0 heterocycles. The van der Waals surface area contributed by atoms with E-state index in [2.05, 4.69) is 31.0 Å². The van der Waals surface area contributed by atoms with Crippen molar-refractivity contribution in [2.24, 2.45) is 5.73 Å². The Hall–Kier alpha value is -0.570. The highest BCUT2D eigenvalue weighted by Crippen LogP contribution is 2.32. The van der Waals surface area contributed by atoms with Crippen LogP contribution in [-0.4, -0.2) is 30.1 Å². The Morgan fingerprint density at radius 2 is 1.94 bits per heavy atom. The summed E-state index contributed by atoms with van der Waals surface area (Å²) in [7, 11) is 2.19. The zero-order valence-corrected chi connectivity index (χ0v) is 11.4. The average molecular weight is 253 g/mol. The maximum absolute atomic E-state index is 5.98. The molecule has 0 radical (unpaired) electrons. The van der Waals surface area contributed by atoms with E-state index in [4.69, 9.17) is 17.3 Å². The van der Waals surface area contributed by atoms with Gasteiger partial charge in [0.2, 0.25) is 0 Å². The Bertz CT molecular complexity index is 372. The highest BCUT2D eigenvalue weighted by molar-refractivity contribution is 6.30. The van der Waals surface area contributed by atoms with Gasteiger partial charge in [-0.25, -0.2) is 0 Å². The van der Waals surface area contributed by atoms with E-state index in [0.29, 0.717) is 6.54 Å². The standard InChI is InChI=1S/C14H21ClN2/c1-14(10-16,17(2)13-7-8-13)9-11-3-5-12(15)6-4-11/h3-6,13H,7-10,16H2,1-2H3. The topological polar surface area (TPSA) is 29.3 Å². The number of rotatable bonds is 5. The number of benzene rings is 1. The molecule has 94 valence electrons. The SMILES string of the molecule is CN(C1CC1)C(C)(CN)Cc1ccc(Cl)cc1. The number of nitrogens with zero attached hydrogens (tertiary/aromatic N) is 1. The van der Waals surface area contributed by atoms with Crippen molar-refractivity contribution in [1.29, 1.82) is 0 Å². The summed E-state index contributed by atoms with van der Waals surface area (Å²) in [5.74, 6) is 0. The molecule has 1 aliphatic carbocycles. The van der Waals surface area contributed by atoms with Gasteiger partial charge in [0.15, 0.2) is 0 Å².